The van der Waals surface area contributed by atoms with Crippen molar-refractivity contribution in [3.05, 3.63) is 182 Å². The van der Waals surface area contributed by atoms with Gasteiger partial charge in [-0.3, -0.25) is 0 Å². The zero-order chi connectivity index (χ0) is 35.1. The zero-order valence-corrected chi connectivity index (χ0v) is 28.5. The van der Waals surface area contributed by atoms with Crippen LogP contribution in [0.4, 0.5) is 0 Å². The van der Waals surface area contributed by atoms with Gasteiger partial charge in [-0.1, -0.05) is 140 Å². The molecule has 10 rings (SSSR count). The van der Waals surface area contributed by atoms with Crippen LogP contribution >= 0.6 is 0 Å². The van der Waals surface area contributed by atoms with E-state index in [9.17, 15) is 0 Å². The van der Waals surface area contributed by atoms with Gasteiger partial charge in [0.1, 0.15) is 11.0 Å². The highest BCUT2D eigenvalue weighted by Crippen LogP contribution is 2.36. The molecule has 0 aliphatic heterocycles. The zero-order valence-electron chi connectivity index (χ0n) is 28.5. The summed E-state index contributed by atoms with van der Waals surface area (Å²) in [6.07, 6.45) is 0. The van der Waals surface area contributed by atoms with Gasteiger partial charge < -0.3 is 0 Å². The predicted molar refractivity (Wildman–Crippen MR) is 214 cm³/mol. The van der Waals surface area contributed by atoms with E-state index in [0.717, 1.165) is 77.2 Å². The second kappa shape index (κ2) is 12.8. The normalized spacial score (nSPS) is 11.4. The molecular weight excluding hydrogens is 649 g/mol. The van der Waals surface area contributed by atoms with Crippen LogP contribution in [0, 0.1) is 0 Å². The van der Waals surface area contributed by atoms with Gasteiger partial charge >= 0.3 is 0 Å². The summed E-state index contributed by atoms with van der Waals surface area (Å²) in [4.78, 5) is 17.1. The first-order chi connectivity index (χ1) is 26.2. The number of benzene rings is 8. The SMILES string of the molecule is c1ccc(-c2cc(-c3ccccc3)cc(-c3nc(-c4ccccc4)nc(-c4ccc5ccc6ccc7nn(-c8ccccc8)nc7c6c5c4)n3)c2)cc1. The number of rotatable bonds is 6. The van der Waals surface area contributed by atoms with Gasteiger partial charge in [0.2, 0.25) is 0 Å². The molecule has 248 valence electrons. The van der Waals surface area contributed by atoms with E-state index in [0.29, 0.717) is 17.5 Å². The van der Waals surface area contributed by atoms with Gasteiger partial charge in [0.25, 0.3) is 0 Å². The summed E-state index contributed by atoms with van der Waals surface area (Å²) in [5.74, 6) is 1.82. The van der Waals surface area contributed by atoms with Crippen molar-refractivity contribution < 1.29 is 0 Å². The fourth-order valence-electron chi connectivity index (χ4n) is 7.03. The molecule has 0 aliphatic rings. The van der Waals surface area contributed by atoms with Crippen molar-refractivity contribution in [1.82, 2.24) is 29.9 Å². The molecule has 0 amide bonds. The monoisotopic (exact) mass is 678 g/mol. The van der Waals surface area contributed by atoms with Gasteiger partial charge in [0, 0.05) is 22.1 Å². The minimum atomic E-state index is 0.597. The summed E-state index contributed by atoms with van der Waals surface area (Å²) < 4.78 is 0. The van der Waals surface area contributed by atoms with Crippen LogP contribution in [0.1, 0.15) is 0 Å². The third-order valence-electron chi connectivity index (χ3n) is 9.67. The predicted octanol–water partition coefficient (Wildman–Crippen LogP) is 11.2. The number of hydrogen-bond donors (Lipinski definition) is 0. The number of para-hydroxylation sites is 1. The molecule has 0 aliphatic carbocycles. The maximum atomic E-state index is 5.21. The first-order valence-corrected chi connectivity index (χ1v) is 17.6. The van der Waals surface area contributed by atoms with Crippen LogP contribution in [0.15, 0.2) is 182 Å². The molecule has 0 saturated heterocycles. The Labute approximate surface area is 305 Å². The fraction of sp³-hybridized carbons (Fsp3) is 0. The molecule has 0 spiro atoms. The topological polar surface area (TPSA) is 69.4 Å². The van der Waals surface area contributed by atoms with Gasteiger partial charge in [-0.2, -0.15) is 4.80 Å². The Bertz CT molecular complexity index is 2870. The Kier molecular flexibility index (Phi) is 7.36. The second-order valence-electron chi connectivity index (χ2n) is 13.1. The van der Waals surface area contributed by atoms with E-state index < -0.39 is 0 Å². The third-order valence-corrected chi connectivity index (χ3v) is 9.67. The molecule has 0 radical (unpaired) electrons. The molecule has 2 aromatic heterocycles. The van der Waals surface area contributed by atoms with E-state index in [1.54, 1.807) is 4.80 Å². The maximum absolute atomic E-state index is 5.21. The van der Waals surface area contributed by atoms with Crippen molar-refractivity contribution >= 4 is 32.6 Å². The Morgan fingerprint density at radius 2 is 0.830 bits per heavy atom. The van der Waals surface area contributed by atoms with E-state index in [4.69, 9.17) is 25.1 Å². The first kappa shape index (κ1) is 30.5. The van der Waals surface area contributed by atoms with Gasteiger partial charge in [-0.15, -0.1) is 10.2 Å². The molecule has 0 N–H and O–H groups in total. The molecule has 0 unspecified atom stereocenters. The van der Waals surface area contributed by atoms with Crippen LogP contribution in [0.5, 0.6) is 0 Å². The number of hydrogen-bond acceptors (Lipinski definition) is 5. The molecule has 0 fully saturated rings. The summed E-state index contributed by atoms with van der Waals surface area (Å²) in [6.45, 7) is 0. The highest BCUT2D eigenvalue weighted by molar-refractivity contribution is 6.18. The maximum Gasteiger partial charge on any atom is 0.164 e. The molecule has 0 bridgehead atoms. The average molecular weight is 679 g/mol. The van der Waals surface area contributed by atoms with Crippen molar-refractivity contribution in [3.8, 4) is 62.1 Å². The molecule has 0 saturated carbocycles. The Hall–Kier alpha value is -7.31. The van der Waals surface area contributed by atoms with Crippen LogP contribution in [0.2, 0.25) is 0 Å². The standard InChI is InChI=1S/C47H30N6/c1-5-13-31(14-6-1)37-27-38(32-15-7-2-8-16-32)29-39(28-37)47-49-45(35-17-9-3-10-18-35)48-46(50-47)36-24-22-33-21-23-34-25-26-42-44(43(34)41(33)30-36)52-53(51-42)40-19-11-4-12-20-40/h1-30H. The van der Waals surface area contributed by atoms with Gasteiger partial charge in [-0.05, 0) is 80.9 Å². The largest absolute Gasteiger partial charge is 0.208 e. The molecule has 2 heterocycles. The molecule has 53 heavy (non-hydrogen) atoms. The van der Waals surface area contributed by atoms with E-state index in [1.807, 2.05) is 78.9 Å². The number of nitrogens with zero attached hydrogens (tertiary/aromatic N) is 6. The molecule has 10 aromatic rings. The molecular formula is C47H30N6. The quantitative estimate of drug-likeness (QED) is 0.164. The third kappa shape index (κ3) is 5.69. The van der Waals surface area contributed by atoms with Crippen LogP contribution in [-0.2, 0) is 0 Å². The van der Waals surface area contributed by atoms with E-state index in [2.05, 4.69) is 103 Å². The highest BCUT2D eigenvalue weighted by Gasteiger charge is 2.17. The van der Waals surface area contributed by atoms with Crippen LogP contribution < -0.4 is 0 Å². The van der Waals surface area contributed by atoms with Crippen molar-refractivity contribution in [3.63, 3.8) is 0 Å². The van der Waals surface area contributed by atoms with Gasteiger partial charge in [0.05, 0.1) is 5.69 Å². The summed E-state index contributed by atoms with van der Waals surface area (Å²) in [5.41, 5.74) is 9.76. The highest BCUT2D eigenvalue weighted by atomic mass is 15.5. The lowest BCUT2D eigenvalue weighted by Crippen LogP contribution is -2.00. The van der Waals surface area contributed by atoms with Crippen molar-refractivity contribution in [2.24, 2.45) is 0 Å². The first-order valence-electron chi connectivity index (χ1n) is 17.6. The Morgan fingerprint density at radius 1 is 0.340 bits per heavy atom. The van der Waals surface area contributed by atoms with Crippen LogP contribution in [-0.4, -0.2) is 29.9 Å². The minimum Gasteiger partial charge on any atom is -0.208 e. The number of aromatic nitrogens is 6. The Balaban J connectivity index is 1.19. The summed E-state index contributed by atoms with van der Waals surface area (Å²) >= 11 is 0. The minimum absolute atomic E-state index is 0.597. The van der Waals surface area contributed by atoms with Gasteiger partial charge in [-0.25, -0.2) is 15.0 Å². The lowest BCUT2D eigenvalue weighted by molar-refractivity contribution is 0.766. The fourth-order valence-corrected chi connectivity index (χ4v) is 7.03. The van der Waals surface area contributed by atoms with Crippen molar-refractivity contribution in [2.75, 3.05) is 0 Å². The van der Waals surface area contributed by atoms with E-state index in [1.165, 1.54) is 0 Å². The van der Waals surface area contributed by atoms with E-state index >= 15 is 0 Å². The molecule has 6 heteroatoms. The van der Waals surface area contributed by atoms with E-state index in [-0.39, 0.29) is 0 Å². The lowest BCUT2D eigenvalue weighted by Gasteiger charge is -2.13. The molecule has 8 aromatic carbocycles. The molecule has 0 atom stereocenters. The van der Waals surface area contributed by atoms with Gasteiger partial charge in [0.15, 0.2) is 17.5 Å². The van der Waals surface area contributed by atoms with Crippen LogP contribution in [0.3, 0.4) is 0 Å². The summed E-state index contributed by atoms with van der Waals surface area (Å²) in [5, 5.41) is 14.1. The van der Waals surface area contributed by atoms with Crippen molar-refractivity contribution in [2.45, 2.75) is 0 Å². The molecule has 6 nitrogen and oxygen atoms in total. The second-order valence-corrected chi connectivity index (χ2v) is 13.1. The lowest BCUT2D eigenvalue weighted by atomic mass is 9.95. The summed E-state index contributed by atoms with van der Waals surface area (Å²) in [6, 6.07) is 62.5. The van der Waals surface area contributed by atoms with Crippen molar-refractivity contribution in [1.29, 1.82) is 0 Å². The Morgan fingerprint density at radius 3 is 1.47 bits per heavy atom. The number of fused-ring (bicyclic) bond motifs is 5. The van der Waals surface area contributed by atoms with Crippen LogP contribution in [0.25, 0.3) is 94.7 Å². The smallest absolute Gasteiger partial charge is 0.164 e. The average Bonchev–Trinajstić information content (AvgIpc) is 3.69. The summed E-state index contributed by atoms with van der Waals surface area (Å²) in [7, 11) is 0.